The van der Waals surface area contributed by atoms with E-state index in [4.69, 9.17) is 0 Å². The number of benzene rings is 2. The zero-order valence-corrected chi connectivity index (χ0v) is 15.6. The first kappa shape index (κ1) is 19.0. The summed E-state index contributed by atoms with van der Waals surface area (Å²) in [7, 11) is 1.86. The second-order valence-corrected chi connectivity index (χ2v) is 6.82. The van der Waals surface area contributed by atoms with Crippen molar-refractivity contribution in [3.8, 4) is 0 Å². The standard InChI is InChI=1S/C21H24FN3O2/c1-3-7-18-20(26)25(21(27)23-18)14-24(2)19(15-8-5-4-6-9-15)16-10-12-17(22)13-11-16/h4-6,8-13,18-19H,3,7,14H2,1-2H3,(H,23,27)/t18-,19+/m1/s1. The Kier molecular flexibility index (Phi) is 5.86. The van der Waals surface area contributed by atoms with E-state index >= 15 is 0 Å². The highest BCUT2D eigenvalue weighted by atomic mass is 19.1. The van der Waals surface area contributed by atoms with Crippen molar-refractivity contribution in [3.63, 3.8) is 0 Å². The van der Waals surface area contributed by atoms with Crippen LogP contribution in [0.4, 0.5) is 9.18 Å². The lowest BCUT2D eigenvalue weighted by Gasteiger charge is -2.31. The zero-order valence-electron chi connectivity index (χ0n) is 15.6. The van der Waals surface area contributed by atoms with Crippen molar-refractivity contribution in [3.05, 3.63) is 71.5 Å². The van der Waals surface area contributed by atoms with Gasteiger partial charge in [-0.05, 0) is 36.7 Å². The van der Waals surface area contributed by atoms with Crippen molar-refractivity contribution in [1.82, 2.24) is 15.1 Å². The van der Waals surface area contributed by atoms with Crippen molar-refractivity contribution in [2.75, 3.05) is 13.7 Å². The summed E-state index contributed by atoms with van der Waals surface area (Å²) in [6, 6.07) is 15.0. The smallest absolute Gasteiger partial charge is 0.325 e. The van der Waals surface area contributed by atoms with Gasteiger partial charge in [0, 0.05) is 0 Å². The highest BCUT2D eigenvalue weighted by Gasteiger charge is 2.38. The minimum Gasteiger partial charge on any atom is -0.326 e. The molecule has 6 heteroatoms. The number of halogens is 1. The van der Waals surface area contributed by atoms with E-state index in [-0.39, 0.29) is 30.5 Å². The number of carbonyl (C=O) groups is 2. The number of rotatable bonds is 7. The Bertz CT molecular complexity index is 795. The largest absolute Gasteiger partial charge is 0.326 e. The normalized spacial score (nSPS) is 18.1. The van der Waals surface area contributed by atoms with Gasteiger partial charge in [-0.15, -0.1) is 0 Å². The van der Waals surface area contributed by atoms with E-state index < -0.39 is 6.04 Å². The van der Waals surface area contributed by atoms with Crippen molar-refractivity contribution in [2.24, 2.45) is 0 Å². The van der Waals surface area contributed by atoms with Gasteiger partial charge in [-0.2, -0.15) is 0 Å². The molecule has 27 heavy (non-hydrogen) atoms. The number of nitrogens with zero attached hydrogens (tertiary/aromatic N) is 2. The molecule has 0 bridgehead atoms. The average molecular weight is 369 g/mol. The molecule has 1 N–H and O–H groups in total. The summed E-state index contributed by atoms with van der Waals surface area (Å²) in [6.07, 6.45) is 1.45. The van der Waals surface area contributed by atoms with E-state index in [9.17, 15) is 14.0 Å². The summed E-state index contributed by atoms with van der Waals surface area (Å²) in [6.45, 7) is 2.13. The van der Waals surface area contributed by atoms with Gasteiger partial charge in [0.05, 0.1) is 12.7 Å². The quantitative estimate of drug-likeness (QED) is 0.760. The van der Waals surface area contributed by atoms with Crippen LogP contribution in [0, 0.1) is 5.82 Å². The molecule has 5 nitrogen and oxygen atoms in total. The highest BCUT2D eigenvalue weighted by Crippen LogP contribution is 2.28. The number of amides is 3. The van der Waals surface area contributed by atoms with Crippen LogP contribution in [0.15, 0.2) is 54.6 Å². The second-order valence-electron chi connectivity index (χ2n) is 6.82. The monoisotopic (exact) mass is 369 g/mol. The third-order valence-corrected chi connectivity index (χ3v) is 4.79. The van der Waals surface area contributed by atoms with Crippen LogP contribution in [-0.2, 0) is 4.79 Å². The molecule has 3 rings (SSSR count). The molecule has 2 aromatic rings. The third-order valence-electron chi connectivity index (χ3n) is 4.79. The maximum atomic E-state index is 13.4. The van der Waals surface area contributed by atoms with Gasteiger partial charge in [-0.3, -0.25) is 9.69 Å². The van der Waals surface area contributed by atoms with Crippen LogP contribution in [0.5, 0.6) is 0 Å². The number of carbonyl (C=O) groups excluding carboxylic acids is 2. The minimum atomic E-state index is -0.447. The van der Waals surface area contributed by atoms with Gasteiger partial charge in [0.1, 0.15) is 11.9 Å². The molecule has 1 heterocycles. The second kappa shape index (κ2) is 8.31. The predicted molar refractivity (Wildman–Crippen MR) is 101 cm³/mol. The lowest BCUT2D eigenvalue weighted by Crippen LogP contribution is -2.42. The average Bonchev–Trinajstić information content (AvgIpc) is 2.92. The first-order chi connectivity index (χ1) is 13.0. The molecule has 0 saturated carbocycles. The molecule has 142 valence electrons. The first-order valence-electron chi connectivity index (χ1n) is 9.13. The molecule has 1 aliphatic heterocycles. The zero-order chi connectivity index (χ0) is 19.4. The molecule has 1 fully saturated rings. The van der Waals surface area contributed by atoms with Crippen LogP contribution in [0.1, 0.15) is 36.9 Å². The van der Waals surface area contributed by atoms with Crippen LogP contribution in [-0.4, -0.2) is 41.5 Å². The molecule has 2 atom stereocenters. The number of nitrogens with one attached hydrogen (secondary N) is 1. The predicted octanol–water partition coefficient (Wildman–Crippen LogP) is 3.52. The van der Waals surface area contributed by atoms with Crippen molar-refractivity contribution in [2.45, 2.75) is 31.8 Å². The summed E-state index contributed by atoms with van der Waals surface area (Å²) < 4.78 is 13.4. The maximum absolute atomic E-state index is 13.4. The maximum Gasteiger partial charge on any atom is 0.325 e. The van der Waals surface area contributed by atoms with Crippen LogP contribution >= 0.6 is 0 Å². The molecular weight excluding hydrogens is 345 g/mol. The lowest BCUT2D eigenvalue weighted by atomic mass is 9.97. The highest BCUT2D eigenvalue weighted by molar-refractivity contribution is 6.04. The Balaban J connectivity index is 1.85. The molecular formula is C21H24FN3O2. The Morgan fingerprint density at radius 1 is 1.07 bits per heavy atom. The number of hydrogen-bond acceptors (Lipinski definition) is 3. The van der Waals surface area contributed by atoms with E-state index in [0.717, 1.165) is 17.5 Å². The van der Waals surface area contributed by atoms with E-state index in [0.29, 0.717) is 6.42 Å². The van der Waals surface area contributed by atoms with Gasteiger partial charge >= 0.3 is 6.03 Å². The molecule has 0 aromatic heterocycles. The molecule has 0 unspecified atom stereocenters. The minimum absolute atomic E-state index is 0.155. The van der Waals surface area contributed by atoms with E-state index in [1.54, 1.807) is 12.1 Å². The van der Waals surface area contributed by atoms with Gasteiger partial charge in [0.15, 0.2) is 0 Å². The Morgan fingerprint density at radius 2 is 1.70 bits per heavy atom. The summed E-state index contributed by atoms with van der Waals surface area (Å²) >= 11 is 0. The van der Waals surface area contributed by atoms with E-state index in [1.807, 2.05) is 49.2 Å². The third kappa shape index (κ3) is 4.17. The van der Waals surface area contributed by atoms with Gasteiger partial charge in [0.25, 0.3) is 5.91 Å². The Morgan fingerprint density at radius 3 is 2.33 bits per heavy atom. The fourth-order valence-electron chi connectivity index (χ4n) is 3.48. The fraction of sp³-hybridized carbons (Fsp3) is 0.333. The Labute approximate surface area is 158 Å². The molecule has 0 spiro atoms. The van der Waals surface area contributed by atoms with Crippen LogP contribution in [0.3, 0.4) is 0 Å². The van der Waals surface area contributed by atoms with Gasteiger partial charge in [-0.25, -0.2) is 14.1 Å². The fourth-order valence-corrected chi connectivity index (χ4v) is 3.48. The summed E-state index contributed by atoms with van der Waals surface area (Å²) in [4.78, 5) is 28.0. The van der Waals surface area contributed by atoms with E-state index in [1.165, 1.54) is 17.0 Å². The number of urea groups is 1. The molecule has 0 aliphatic carbocycles. The van der Waals surface area contributed by atoms with Crippen LogP contribution in [0.25, 0.3) is 0 Å². The van der Waals surface area contributed by atoms with Crippen LogP contribution < -0.4 is 5.32 Å². The summed E-state index contributed by atoms with van der Waals surface area (Å²) in [5.74, 6) is -0.496. The van der Waals surface area contributed by atoms with Gasteiger partial charge in [0.2, 0.25) is 0 Å². The SMILES string of the molecule is CCC[C@H]1NC(=O)N(CN(C)[C@@H](c2ccccc2)c2ccc(F)cc2)C1=O. The first-order valence-corrected chi connectivity index (χ1v) is 9.13. The molecule has 3 amide bonds. The van der Waals surface area contributed by atoms with Crippen LogP contribution in [0.2, 0.25) is 0 Å². The number of hydrogen-bond donors (Lipinski definition) is 1. The molecule has 0 radical (unpaired) electrons. The topological polar surface area (TPSA) is 52.7 Å². The molecule has 1 aliphatic rings. The Hall–Kier alpha value is -2.73. The van der Waals surface area contributed by atoms with E-state index in [2.05, 4.69) is 5.32 Å². The van der Waals surface area contributed by atoms with Crippen molar-refractivity contribution < 1.29 is 14.0 Å². The van der Waals surface area contributed by atoms with Gasteiger partial charge < -0.3 is 5.32 Å². The van der Waals surface area contributed by atoms with Crippen molar-refractivity contribution in [1.29, 1.82) is 0 Å². The lowest BCUT2D eigenvalue weighted by molar-refractivity contribution is -0.129. The van der Waals surface area contributed by atoms with Gasteiger partial charge in [-0.1, -0.05) is 55.8 Å². The molecule has 1 saturated heterocycles. The number of imide groups is 1. The summed E-state index contributed by atoms with van der Waals surface area (Å²) in [5.41, 5.74) is 1.89. The molecule has 2 aromatic carbocycles. The summed E-state index contributed by atoms with van der Waals surface area (Å²) in [5, 5.41) is 2.75. The van der Waals surface area contributed by atoms with Crippen molar-refractivity contribution >= 4 is 11.9 Å².